The van der Waals surface area contributed by atoms with E-state index in [1.807, 2.05) is 12.1 Å². The number of fused-ring (bicyclic) bond motifs is 5. The third-order valence-electron chi connectivity index (χ3n) is 7.24. The first kappa shape index (κ1) is 20.1. The van der Waals surface area contributed by atoms with Gasteiger partial charge in [-0.15, -0.1) is 0 Å². The van der Waals surface area contributed by atoms with Crippen molar-refractivity contribution in [2.75, 3.05) is 5.32 Å². The lowest BCUT2D eigenvalue weighted by Crippen LogP contribution is -2.44. The number of ether oxygens (including phenoxy) is 1. The van der Waals surface area contributed by atoms with Gasteiger partial charge in [-0.05, 0) is 55.0 Å². The lowest BCUT2D eigenvalue weighted by Gasteiger charge is -2.31. The van der Waals surface area contributed by atoms with Gasteiger partial charge in [-0.1, -0.05) is 6.92 Å². The molecule has 1 atom stereocenters. The molecule has 1 unspecified atom stereocenters. The Morgan fingerprint density at radius 2 is 2.00 bits per heavy atom. The zero-order chi connectivity index (χ0) is 23.1. The smallest absolute Gasteiger partial charge is 0.343 e. The van der Waals surface area contributed by atoms with Crippen LogP contribution in [0, 0.1) is 0 Å². The summed E-state index contributed by atoms with van der Waals surface area (Å²) in [4.78, 5) is 42.4. The first-order valence-corrected chi connectivity index (χ1v) is 11.3. The maximum Gasteiger partial charge on any atom is 0.343 e. The van der Waals surface area contributed by atoms with Crippen LogP contribution in [0.25, 0.3) is 22.3 Å². The molecule has 3 aliphatic rings. The van der Waals surface area contributed by atoms with Crippen molar-refractivity contribution in [1.29, 1.82) is 0 Å². The lowest BCUT2D eigenvalue weighted by molar-refractivity contribution is -0.172. The van der Waals surface area contributed by atoms with Gasteiger partial charge in [0.15, 0.2) is 5.60 Å². The fourth-order valence-corrected chi connectivity index (χ4v) is 5.62. The second-order valence-corrected chi connectivity index (χ2v) is 9.04. The second kappa shape index (κ2) is 6.74. The van der Waals surface area contributed by atoms with Crippen LogP contribution in [0.2, 0.25) is 0 Å². The van der Waals surface area contributed by atoms with Crippen LogP contribution in [-0.4, -0.2) is 26.5 Å². The Balaban J connectivity index is 1.62. The topological polar surface area (TPSA) is 111 Å². The van der Waals surface area contributed by atoms with E-state index in [2.05, 4.69) is 5.32 Å². The molecule has 0 spiro atoms. The van der Waals surface area contributed by atoms with Gasteiger partial charge in [0, 0.05) is 29.1 Å². The highest BCUT2D eigenvalue weighted by atomic mass is 16.6. The molecule has 3 aromatic rings. The van der Waals surface area contributed by atoms with Crippen LogP contribution in [0.1, 0.15) is 54.5 Å². The highest BCUT2D eigenvalue weighted by Crippen LogP contribution is 2.43. The van der Waals surface area contributed by atoms with E-state index in [0.717, 1.165) is 58.2 Å². The van der Waals surface area contributed by atoms with Crippen molar-refractivity contribution < 1.29 is 19.4 Å². The molecule has 1 aliphatic carbocycles. The number of aliphatic hydroxyl groups is 1. The van der Waals surface area contributed by atoms with Crippen LogP contribution >= 0.6 is 0 Å². The molecule has 1 aromatic carbocycles. The van der Waals surface area contributed by atoms with E-state index >= 15 is 0 Å². The van der Waals surface area contributed by atoms with Gasteiger partial charge in [-0.3, -0.25) is 9.59 Å². The number of nitrogens with zero attached hydrogens (tertiary/aromatic N) is 2. The zero-order valence-corrected chi connectivity index (χ0v) is 18.4. The Morgan fingerprint density at radius 3 is 2.76 bits per heavy atom. The average molecular weight is 445 g/mol. The van der Waals surface area contributed by atoms with E-state index in [-0.39, 0.29) is 24.5 Å². The number of hydrogen-bond donors (Lipinski definition) is 2. The minimum Gasteiger partial charge on any atom is -0.458 e. The van der Waals surface area contributed by atoms with Gasteiger partial charge in [0.25, 0.3) is 5.56 Å². The fraction of sp³-hybridized carbons (Fsp3) is 0.360. The summed E-state index contributed by atoms with van der Waals surface area (Å²) in [6.45, 7) is 3.44. The summed E-state index contributed by atoms with van der Waals surface area (Å²) in [5.41, 5.74) is 4.74. The van der Waals surface area contributed by atoms with Crippen molar-refractivity contribution in [3.63, 3.8) is 0 Å². The zero-order valence-electron chi connectivity index (χ0n) is 18.4. The molecule has 0 saturated carbocycles. The number of nitrogens with one attached hydrogen (secondary N) is 1. The molecule has 2 aliphatic heterocycles. The molecule has 33 heavy (non-hydrogen) atoms. The molecule has 2 aromatic heterocycles. The Labute approximate surface area is 189 Å². The molecule has 8 nitrogen and oxygen atoms in total. The van der Waals surface area contributed by atoms with Crippen LogP contribution in [0.3, 0.4) is 0 Å². The summed E-state index contributed by atoms with van der Waals surface area (Å²) >= 11 is 0. The summed E-state index contributed by atoms with van der Waals surface area (Å²) in [6.07, 6.45) is 2.76. The van der Waals surface area contributed by atoms with Crippen molar-refractivity contribution in [2.24, 2.45) is 0 Å². The number of anilines is 1. The first-order chi connectivity index (χ1) is 15.8. The van der Waals surface area contributed by atoms with E-state index in [0.29, 0.717) is 23.4 Å². The number of carbonyl (C=O) groups is 2. The Morgan fingerprint density at radius 1 is 1.21 bits per heavy atom. The van der Waals surface area contributed by atoms with Crippen LogP contribution in [-0.2, 0) is 45.9 Å². The van der Waals surface area contributed by atoms with Crippen molar-refractivity contribution >= 4 is 28.5 Å². The monoisotopic (exact) mass is 445 g/mol. The van der Waals surface area contributed by atoms with Gasteiger partial charge in [0.05, 0.1) is 29.0 Å². The van der Waals surface area contributed by atoms with E-state index < -0.39 is 11.6 Å². The number of esters is 1. The number of benzene rings is 1. The van der Waals surface area contributed by atoms with Crippen LogP contribution in [0.5, 0.6) is 0 Å². The number of rotatable bonds is 2. The number of pyridine rings is 2. The molecule has 0 radical (unpaired) electrons. The Hall–Kier alpha value is -3.52. The lowest BCUT2D eigenvalue weighted by atomic mass is 9.85. The van der Waals surface area contributed by atoms with Gasteiger partial charge in [-0.25, -0.2) is 9.78 Å². The third kappa shape index (κ3) is 2.61. The summed E-state index contributed by atoms with van der Waals surface area (Å²) < 4.78 is 6.82. The maximum atomic E-state index is 13.4. The number of aryl methyl sites for hydroxylation is 2. The third-order valence-corrected chi connectivity index (χ3v) is 7.24. The molecule has 6 rings (SSSR count). The molecule has 0 fully saturated rings. The molecular weight excluding hydrogens is 422 g/mol. The molecule has 168 valence electrons. The molecule has 1 amide bonds. The summed E-state index contributed by atoms with van der Waals surface area (Å²) in [6, 6.07) is 5.53. The molecule has 0 bridgehead atoms. The second-order valence-electron chi connectivity index (χ2n) is 9.04. The van der Waals surface area contributed by atoms with Gasteiger partial charge in [0.1, 0.15) is 6.61 Å². The standard InChI is InChI=1S/C25H23N3O5/c1-3-25(32)17-9-20-22-15(10-28(20)23(30)16(17)11-33-24(25)31)13-5-4-6-14-18(26-12(2)29)7-8-19(27-22)21(13)14/h7-9,32H,3-6,10-11H2,1-2H3,(H,26,29). The molecular formula is C25H23N3O5. The van der Waals surface area contributed by atoms with E-state index in [9.17, 15) is 19.5 Å². The minimum absolute atomic E-state index is 0.111. The number of hydrogen-bond acceptors (Lipinski definition) is 6. The molecule has 8 heteroatoms. The summed E-state index contributed by atoms with van der Waals surface area (Å²) in [5.74, 6) is -0.840. The normalized spacial score (nSPS) is 20.2. The summed E-state index contributed by atoms with van der Waals surface area (Å²) in [7, 11) is 0. The average Bonchev–Trinajstić information content (AvgIpc) is 3.17. The van der Waals surface area contributed by atoms with E-state index in [1.54, 1.807) is 17.6 Å². The largest absolute Gasteiger partial charge is 0.458 e. The number of amides is 1. The highest BCUT2D eigenvalue weighted by molar-refractivity contribution is 5.98. The number of carbonyl (C=O) groups excluding carboxylic acids is 2. The van der Waals surface area contributed by atoms with Crippen molar-refractivity contribution in [3.05, 3.63) is 56.4 Å². The van der Waals surface area contributed by atoms with Crippen LogP contribution in [0.15, 0.2) is 23.0 Å². The molecule has 4 heterocycles. The van der Waals surface area contributed by atoms with Crippen molar-refractivity contribution in [3.8, 4) is 11.4 Å². The first-order valence-electron chi connectivity index (χ1n) is 11.3. The number of aromatic nitrogens is 2. The Kier molecular flexibility index (Phi) is 4.11. The molecule has 2 N–H and O–H groups in total. The maximum absolute atomic E-state index is 13.4. The predicted molar refractivity (Wildman–Crippen MR) is 121 cm³/mol. The highest BCUT2D eigenvalue weighted by Gasteiger charge is 2.45. The number of cyclic esters (lactones) is 1. The van der Waals surface area contributed by atoms with Gasteiger partial charge in [0.2, 0.25) is 5.91 Å². The predicted octanol–water partition coefficient (Wildman–Crippen LogP) is 2.53. The Bertz CT molecular complexity index is 1470. The summed E-state index contributed by atoms with van der Waals surface area (Å²) in [5, 5.41) is 15.0. The SMILES string of the molecule is CCC1(O)C(=O)OCc2c1cc1n(c2=O)Cc2c-1nc1ccc(NC(C)=O)c3c1c2CCC3. The van der Waals surface area contributed by atoms with Crippen molar-refractivity contribution in [1.82, 2.24) is 9.55 Å². The van der Waals surface area contributed by atoms with Gasteiger partial charge >= 0.3 is 5.97 Å². The quantitative estimate of drug-likeness (QED) is 0.459. The van der Waals surface area contributed by atoms with Crippen LogP contribution < -0.4 is 10.9 Å². The van der Waals surface area contributed by atoms with Crippen molar-refractivity contribution in [2.45, 2.75) is 58.3 Å². The van der Waals surface area contributed by atoms with Crippen LogP contribution in [0.4, 0.5) is 5.69 Å². The minimum atomic E-state index is -1.84. The van der Waals surface area contributed by atoms with E-state index in [4.69, 9.17) is 9.72 Å². The van der Waals surface area contributed by atoms with Gasteiger partial charge < -0.3 is 19.7 Å². The van der Waals surface area contributed by atoms with E-state index in [1.165, 1.54) is 6.92 Å². The van der Waals surface area contributed by atoms with Gasteiger partial charge in [-0.2, -0.15) is 0 Å². The fourth-order valence-electron chi connectivity index (χ4n) is 5.62. The molecule has 0 saturated heterocycles.